The standard InChI is InChI=1S/C12H16O3/c1-4-15-10-5-6-11(8(2)7-10)9(3)12(13)14/h5-7,9H,4H2,1-3H3,(H,13,14). The molecule has 82 valence electrons. The van der Waals surface area contributed by atoms with Crippen LogP contribution in [-0.2, 0) is 4.79 Å². The summed E-state index contributed by atoms with van der Waals surface area (Å²) in [4.78, 5) is 10.8. The Hall–Kier alpha value is -1.51. The van der Waals surface area contributed by atoms with Gasteiger partial charge in [0.2, 0.25) is 0 Å². The molecule has 0 heterocycles. The molecule has 1 atom stereocenters. The SMILES string of the molecule is CCOc1ccc(C(C)C(=O)O)c(C)c1. The van der Waals surface area contributed by atoms with Crippen molar-refractivity contribution in [3.05, 3.63) is 29.3 Å². The molecule has 0 saturated heterocycles. The minimum absolute atomic E-state index is 0.472. The highest BCUT2D eigenvalue weighted by Crippen LogP contribution is 2.24. The van der Waals surface area contributed by atoms with E-state index in [-0.39, 0.29) is 0 Å². The van der Waals surface area contributed by atoms with Crippen molar-refractivity contribution in [2.24, 2.45) is 0 Å². The van der Waals surface area contributed by atoms with Gasteiger partial charge in [0.15, 0.2) is 0 Å². The molecule has 0 aliphatic heterocycles. The van der Waals surface area contributed by atoms with E-state index in [1.54, 1.807) is 6.92 Å². The van der Waals surface area contributed by atoms with E-state index in [0.29, 0.717) is 6.61 Å². The average molecular weight is 208 g/mol. The molecule has 0 radical (unpaired) electrons. The van der Waals surface area contributed by atoms with Crippen molar-refractivity contribution in [3.8, 4) is 5.75 Å². The number of ether oxygens (including phenoxy) is 1. The molecule has 0 aliphatic rings. The molecule has 0 fully saturated rings. The van der Waals surface area contributed by atoms with Crippen molar-refractivity contribution >= 4 is 5.97 Å². The third kappa shape index (κ3) is 2.72. The maximum absolute atomic E-state index is 10.8. The van der Waals surface area contributed by atoms with Gasteiger partial charge in [0, 0.05) is 0 Å². The number of aliphatic carboxylic acids is 1. The Morgan fingerprint density at radius 1 is 1.53 bits per heavy atom. The normalized spacial score (nSPS) is 12.2. The number of hydrogen-bond acceptors (Lipinski definition) is 2. The van der Waals surface area contributed by atoms with Crippen molar-refractivity contribution < 1.29 is 14.6 Å². The number of hydrogen-bond donors (Lipinski definition) is 1. The lowest BCUT2D eigenvalue weighted by Gasteiger charge is -2.12. The van der Waals surface area contributed by atoms with Crippen molar-refractivity contribution in [2.45, 2.75) is 26.7 Å². The Bertz CT molecular complexity index is 358. The van der Waals surface area contributed by atoms with Crippen LogP contribution in [0.3, 0.4) is 0 Å². The molecule has 0 amide bonds. The molecule has 3 nitrogen and oxygen atoms in total. The van der Waals surface area contributed by atoms with Crippen LogP contribution >= 0.6 is 0 Å². The van der Waals surface area contributed by atoms with Crippen LogP contribution in [0.2, 0.25) is 0 Å². The van der Waals surface area contributed by atoms with Crippen LogP contribution in [0.15, 0.2) is 18.2 Å². The third-order valence-electron chi connectivity index (χ3n) is 2.39. The van der Waals surface area contributed by atoms with Crippen LogP contribution in [0.25, 0.3) is 0 Å². The Balaban J connectivity index is 2.97. The molecular formula is C12H16O3. The number of carboxylic acids is 1. The van der Waals surface area contributed by atoms with Gasteiger partial charge in [0.1, 0.15) is 5.75 Å². The summed E-state index contributed by atoms with van der Waals surface area (Å²) in [6.07, 6.45) is 0. The number of carbonyl (C=O) groups is 1. The van der Waals surface area contributed by atoms with Crippen LogP contribution in [0, 0.1) is 6.92 Å². The van der Waals surface area contributed by atoms with Crippen molar-refractivity contribution in [1.29, 1.82) is 0 Å². The van der Waals surface area contributed by atoms with Crippen LogP contribution in [0.5, 0.6) is 5.75 Å². The van der Waals surface area contributed by atoms with Gasteiger partial charge in [0.05, 0.1) is 12.5 Å². The summed E-state index contributed by atoms with van der Waals surface area (Å²) in [6, 6.07) is 5.50. The van der Waals surface area contributed by atoms with E-state index in [0.717, 1.165) is 16.9 Å². The fourth-order valence-corrected chi connectivity index (χ4v) is 1.52. The van der Waals surface area contributed by atoms with E-state index in [1.165, 1.54) is 0 Å². The molecule has 0 aromatic heterocycles. The highest BCUT2D eigenvalue weighted by Gasteiger charge is 2.15. The minimum atomic E-state index is -0.803. The lowest BCUT2D eigenvalue weighted by Crippen LogP contribution is -2.09. The molecule has 0 aliphatic carbocycles. The van der Waals surface area contributed by atoms with Gasteiger partial charge < -0.3 is 9.84 Å². The molecule has 15 heavy (non-hydrogen) atoms. The topological polar surface area (TPSA) is 46.5 Å². The van der Waals surface area contributed by atoms with E-state index < -0.39 is 11.9 Å². The molecule has 0 spiro atoms. The van der Waals surface area contributed by atoms with Gasteiger partial charge in [-0.15, -0.1) is 0 Å². The summed E-state index contributed by atoms with van der Waals surface area (Å²) in [5.74, 6) is -0.487. The largest absolute Gasteiger partial charge is 0.494 e. The van der Waals surface area contributed by atoms with Crippen LogP contribution in [0.1, 0.15) is 30.9 Å². The molecule has 0 saturated carbocycles. The number of benzene rings is 1. The Morgan fingerprint density at radius 3 is 2.67 bits per heavy atom. The Morgan fingerprint density at radius 2 is 2.20 bits per heavy atom. The highest BCUT2D eigenvalue weighted by molar-refractivity contribution is 5.76. The zero-order valence-electron chi connectivity index (χ0n) is 9.28. The zero-order chi connectivity index (χ0) is 11.4. The fourth-order valence-electron chi connectivity index (χ4n) is 1.52. The second kappa shape index (κ2) is 4.82. The summed E-state index contributed by atoms with van der Waals surface area (Å²) < 4.78 is 5.33. The summed E-state index contributed by atoms with van der Waals surface area (Å²) >= 11 is 0. The Kier molecular flexibility index (Phi) is 3.72. The molecule has 1 N–H and O–H groups in total. The van der Waals surface area contributed by atoms with Gasteiger partial charge in [-0.05, 0) is 44.0 Å². The molecule has 1 unspecified atom stereocenters. The van der Waals surface area contributed by atoms with Crippen LogP contribution < -0.4 is 4.74 Å². The molecule has 1 aromatic rings. The predicted octanol–water partition coefficient (Wildman–Crippen LogP) is 2.58. The molecule has 3 heteroatoms. The Labute approximate surface area is 89.7 Å². The summed E-state index contributed by atoms with van der Waals surface area (Å²) in [5, 5.41) is 8.90. The zero-order valence-corrected chi connectivity index (χ0v) is 9.28. The van der Waals surface area contributed by atoms with E-state index in [2.05, 4.69) is 0 Å². The number of aryl methyl sites for hydroxylation is 1. The first kappa shape index (κ1) is 11.6. The van der Waals surface area contributed by atoms with Gasteiger partial charge in [-0.1, -0.05) is 6.07 Å². The van der Waals surface area contributed by atoms with E-state index >= 15 is 0 Å². The minimum Gasteiger partial charge on any atom is -0.494 e. The quantitative estimate of drug-likeness (QED) is 0.827. The average Bonchev–Trinajstić information content (AvgIpc) is 2.17. The van der Waals surface area contributed by atoms with Gasteiger partial charge in [-0.2, -0.15) is 0 Å². The maximum atomic E-state index is 10.8. The highest BCUT2D eigenvalue weighted by atomic mass is 16.5. The number of rotatable bonds is 4. The second-order valence-electron chi connectivity index (χ2n) is 3.51. The third-order valence-corrected chi connectivity index (χ3v) is 2.39. The van der Waals surface area contributed by atoms with Gasteiger partial charge in [-0.3, -0.25) is 4.79 Å². The first-order valence-electron chi connectivity index (χ1n) is 5.02. The monoisotopic (exact) mass is 208 g/mol. The first-order valence-corrected chi connectivity index (χ1v) is 5.02. The molecule has 1 aromatic carbocycles. The van der Waals surface area contributed by atoms with Crippen LogP contribution in [-0.4, -0.2) is 17.7 Å². The summed E-state index contributed by atoms with van der Waals surface area (Å²) in [6.45, 7) is 6.12. The second-order valence-corrected chi connectivity index (χ2v) is 3.51. The van der Waals surface area contributed by atoms with Crippen molar-refractivity contribution in [1.82, 2.24) is 0 Å². The van der Waals surface area contributed by atoms with E-state index in [9.17, 15) is 4.79 Å². The van der Waals surface area contributed by atoms with Gasteiger partial charge in [0.25, 0.3) is 0 Å². The first-order chi connectivity index (χ1) is 7.06. The maximum Gasteiger partial charge on any atom is 0.310 e. The molecule has 1 rings (SSSR count). The number of carboxylic acid groups (broad SMARTS) is 1. The van der Waals surface area contributed by atoms with Crippen molar-refractivity contribution in [3.63, 3.8) is 0 Å². The summed E-state index contributed by atoms with van der Waals surface area (Å²) in [7, 11) is 0. The van der Waals surface area contributed by atoms with E-state index in [4.69, 9.17) is 9.84 Å². The van der Waals surface area contributed by atoms with E-state index in [1.807, 2.05) is 32.0 Å². The van der Waals surface area contributed by atoms with Crippen molar-refractivity contribution in [2.75, 3.05) is 6.61 Å². The van der Waals surface area contributed by atoms with Crippen LogP contribution in [0.4, 0.5) is 0 Å². The smallest absolute Gasteiger partial charge is 0.310 e. The fraction of sp³-hybridized carbons (Fsp3) is 0.417. The molecular weight excluding hydrogens is 192 g/mol. The van der Waals surface area contributed by atoms with Gasteiger partial charge >= 0.3 is 5.97 Å². The lowest BCUT2D eigenvalue weighted by atomic mass is 9.96. The predicted molar refractivity (Wildman–Crippen MR) is 58.4 cm³/mol. The summed E-state index contributed by atoms with van der Waals surface area (Å²) in [5.41, 5.74) is 1.79. The van der Waals surface area contributed by atoms with Gasteiger partial charge in [-0.25, -0.2) is 0 Å². The lowest BCUT2D eigenvalue weighted by molar-refractivity contribution is -0.138. The molecule has 0 bridgehead atoms.